The highest BCUT2D eigenvalue weighted by atomic mass is 16.6. The molecule has 0 aromatic rings. The van der Waals surface area contributed by atoms with Crippen molar-refractivity contribution >= 4 is 11.9 Å². The first-order valence-corrected chi connectivity index (χ1v) is 6.70. The molecule has 0 aliphatic rings. The third-order valence-corrected chi connectivity index (χ3v) is 1.96. The van der Waals surface area contributed by atoms with Crippen LogP contribution in [-0.4, -0.2) is 59.4 Å². The van der Waals surface area contributed by atoms with E-state index in [9.17, 15) is 9.59 Å². The van der Waals surface area contributed by atoms with Crippen molar-refractivity contribution in [3.63, 3.8) is 0 Å². The predicted molar refractivity (Wildman–Crippen MR) is 75.2 cm³/mol. The number of carbonyl (C=O) groups is 2. The van der Waals surface area contributed by atoms with Crippen molar-refractivity contribution in [2.75, 3.05) is 26.2 Å². The molecule has 0 rings (SSSR count). The lowest BCUT2D eigenvalue weighted by Crippen LogP contribution is -2.41. The molecule has 0 saturated heterocycles. The molecule has 20 heavy (non-hydrogen) atoms. The van der Waals surface area contributed by atoms with Crippen molar-refractivity contribution in [1.29, 1.82) is 0 Å². The molecule has 6 nitrogen and oxygen atoms in total. The molecule has 1 N–H and O–H groups in total. The summed E-state index contributed by atoms with van der Waals surface area (Å²) in [4.78, 5) is 24.9. The number of rotatable bonds is 6. The molecule has 0 aromatic carbocycles. The van der Waals surface area contributed by atoms with Gasteiger partial charge in [0.15, 0.2) is 0 Å². The van der Waals surface area contributed by atoms with Gasteiger partial charge in [0.2, 0.25) is 0 Å². The molecule has 0 atom stereocenters. The van der Waals surface area contributed by atoms with Gasteiger partial charge in [-0.3, -0.25) is 14.5 Å². The minimum Gasteiger partial charge on any atom is -0.459 e. The second-order valence-electron chi connectivity index (χ2n) is 6.61. The Hall–Kier alpha value is -1.14. The second-order valence-corrected chi connectivity index (χ2v) is 6.61. The van der Waals surface area contributed by atoms with Gasteiger partial charge in [0.05, 0.1) is 19.7 Å². The third-order valence-electron chi connectivity index (χ3n) is 1.96. The Balaban J connectivity index is 4.43. The molecular formula is C14H27NO5. The Bertz CT molecular complexity index is 297. The van der Waals surface area contributed by atoms with Gasteiger partial charge in [-0.1, -0.05) is 0 Å². The summed E-state index contributed by atoms with van der Waals surface area (Å²) in [6, 6.07) is 0. The van der Waals surface area contributed by atoms with Crippen molar-refractivity contribution in [2.45, 2.75) is 52.7 Å². The number of aliphatic hydroxyl groups is 1. The first-order valence-electron chi connectivity index (χ1n) is 6.70. The van der Waals surface area contributed by atoms with E-state index in [4.69, 9.17) is 14.6 Å². The van der Waals surface area contributed by atoms with Crippen molar-refractivity contribution in [2.24, 2.45) is 0 Å². The van der Waals surface area contributed by atoms with Gasteiger partial charge in [-0.25, -0.2) is 0 Å². The molecule has 0 heterocycles. The highest BCUT2D eigenvalue weighted by Crippen LogP contribution is 2.09. The Morgan fingerprint density at radius 2 is 1.25 bits per heavy atom. The van der Waals surface area contributed by atoms with Gasteiger partial charge < -0.3 is 14.6 Å². The van der Waals surface area contributed by atoms with Crippen molar-refractivity contribution in [3.05, 3.63) is 0 Å². The van der Waals surface area contributed by atoms with E-state index in [0.29, 0.717) is 0 Å². The molecule has 0 fully saturated rings. The third kappa shape index (κ3) is 10.8. The highest BCUT2D eigenvalue weighted by molar-refractivity contribution is 5.75. The van der Waals surface area contributed by atoms with Crippen molar-refractivity contribution in [1.82, 2.24) is 4.90 Å². The topological polar surface area (TPSA) is 76.1 Å². The molecule has 0 radical (unpaired) electrons. The van der Waals surface area contributed by atoms with Crippen LogP contribution in [0.3, 0.4) is 0 Å². The van der Waals surface area contributed by atoms with Crippen molar-refractivity contribution in [3.8, 4) is 0 Å². The van der Waals surface area contributed by atoms with E-state index >= 15 is 0 Å². The number of hydrogen-bond donors (Lipinski definition) is 1. The molecule has 118 valence electrons. The van der Waals surface area contributed by atoms with Gasteiger partial charge in [0.25, 0.3) is 0 Å². The van der Waals surface area contributed by atoms with Gasteiger partial charge in [-0.15, -0.1) is 0 Å². The fraction of sp³-hybridized carbons (Fsp3) is 0.857. The lowest BCUT2D eigenvalue weighted by Gasteiger charge is -2.25. The van der Waals surface area contributed by atoms with Gasteiger partial charge in [0.1, 0.15) is 11.2 Å². The summed E-state index contributed by atoms with van der Waals surface area (Å²) in [6.45, 7) is 10.6. The zero-order valence-electron chi connectivity index (χ0n) is 13.4. The fourth-order valence-corrected chi connectivity index (χ4v) is 1.47. The molecule has 0 aliphatic carbocycles. The Labute approximate surface area is 121 Å². The van der Waals surface area contributed by atoms with Gasteiger partial charge in [-0.05, 0) is 41.5 Å². The van der Waals surface area contributed by atoms with E-state index in [0.717, 1.165) is 0 Å². The SMILES string of the molecule is CC(C)(C)OC(=O)CN(CCO)CC(=O)OC(C)(C)C. The largest absolute Gasteiger partial charge is 0.459 e. The quantitative estimate of drug-likeness (QED) is 0.734. The number of hydrogen-bond acceptors (Lipinski definition) is 6. The molecule has 0 saturated carbocycles. The first-order chi connectivity index (χ1) is 8.93. The maximum Gasteiger partial charge on any atom is 0.320 e. The fourth-order valence-electron chi connectivity index (χ4n) is 1.47. The molecular weight excluding hydrogens is 262 g/mol. The highest BCUT2D eigenvalue weighted by Gasteiger charge is 2.22. The molecule has 0 unspecified atom stereocenters. The maximum absolute atomic E-state index is 11.7. The molecule has 0 amide bonds. The van der Waals surface area contributed by atoms with E-state index in [1.165, 1.54) is 4.90 Å². The Kier molecular flexibility index (Phi) is 7.16. The molecule has 0 aromatic heterocycles. The van der Waals surface area contributed by atoms with Crippen LogP contribution in [0, 0.1) is 0 Å². The van der Waals surface area contributed by atoms with E-state index in [1.54, 1.807) is 41.5 Å². The zero-order valence-corrected chi connectivity index (χ0v) is 13.4. The number of ether oxygens (including phenoxy) is 2. The van der Waals surface area contributed by atoms with Crippen LogP contribution in [0.5, 0.6) is 0 Å². The maximum atomic E-state index is 11.7. The Morgan fingerprint density at radius 3 is 1.50 bits per heavy atom. The summed E-state index contributed by atoms with van der Waals surface area (Å²) in [5.74, 6) is -0.871. The first kappa shape index (κ1) is 18.9. The van der Waals surface area contributed by atoms with E-state index < -0.39 is 23.1 Å². The van der Waals surface area contributed by atoms with Crippen LogP contribution in [0.15, 0.2) is 0 Å². The van der Waals surface area contributed by atoms with Gasteiger partial charge in [0, 0.05) is 6.54 Å². The smallest absolute Gasteiger partial charge is 0.320 e. The van der Waals surface area contributed by atoms with Crippen LogP contribution in [0.1, 0.15) is 41.5 Å². The summed E-state index contributed by atoms with van der Waals surface area (Å²) >= 11 is 0. The standard InChI is InChI=1S/C14H27NO5/c1-13(2,3)19-11(17)9-15(7-8-16)10-12(18)20-14(4,5)6/h16H,7-10H2,1-6H3. The number of nitrogens with zero attached hydrogens (tertiary/aromatic N) is 1. The van der Waals surface area contributed by atoms with E-state index in [2.05, 4.69) is 0 Å². The van der Waals surface area contributed by atoms with Crippen LogP contribution in [-0.2, 0) is 19.1 Å². The Morgan fingerprint density at radius 1 is 0.900 bits per heavy atom. The van der Waals surface area contributed by atoms with E-state index in [1.807, 2.05) is 0 Å². The van der Waals surface area contributed by atoms with Crippen LogP contribution < -0.4 is 0 Å². The van der Waals surface area contributed by atoms with Gasteiger partial charge >= 0.3 is 11.9 Å². The average Bonchev–Trinajstić information content (AvgIpc) is 2.10. The van der Waals surface area contributed by atoms with Crippen LogP contribution in [0.2, 0.25) is 0 Å². The lowest BCUT2D eigenvalue weighted by molar-refractivity contribution is -0.160. The van der Waals surface area contributed by atoms with Crippen molar-refractivity contribution < 1.29 is 24.2 Å². The summed E-state index contributed by atoms with van der Waals surface area (Å²) in [5.41, 5.74) is -1.15. The zero-order chi connectivity index (χ0) is 16.0. The lowest BCUT2D eigenvalue weighted by atomic mass is 10.2. The summed E-state index contributed by atoms with van der Waals surface area (Å²) in [7, 11) is 0. The minimum atomic E-state index is -0.576. The number of carbonyl (C=O) groups excluding carboxylic acids is 2. The summed E-state index contributed by atoms with van der Waals surface area (Å²) in [6.07, 6.45) is 0. The van der Waals surface area contributed by atoms with Crippen LogP contribution in [0.25, 0.3) is 0 Å². The summed E-state index contributed by atoms with van der Waals surface area (Å²) < 4.78 is 10.4. The average molecular weight is 289 g/mol. The molecule has 0 aliphatic heterocycles. The number of aliphatic hydroxyl groups excluding tert-OH is 1. The monoisotopic (exact) mass is 289 g/mol. The minimum absolute atomic E-state index is 0.0585. The van der Waals surface area contributed by atoms with Gasteiger partial charge in [-0.2, -0.15) is 0 Å². The second kappa shape index (κ2) is 7.59. The van der Waals surface area contributed by atoms with E-state index in [-0.39, 0.29) is 26.2 Å². The predicted octanol–water partition coefficient (Wildman–Crippen LogP) is 0.964. The normalized spacial score (nSPS) is 12.4. The van der Waals surface area contributed by atoms with Crippen LogP contribution >= 0.6 is 0 Å². The number of esters is 2. The molecule has 0 bridgehead atoms. The van der Waals surface area contributed by atoms with Crippen LogP contribution in [0.4, 0.5) is 0 Å². The summed E-state index contributed by atoms with van der Waals surface area (Å²) in [5, 5.41) is 8.98. The molecule has 0 spiro atoms. The molecule has 6 heteroatoms.